The molecule has 1 aliphatic carbocycles. The molecule has 0 amide bonds. The molecule has 1 saturated heterocycles. The van der Waals surface area contributed by atoms with Crippen LogP contribution in [0.1, 0.15) is 56.7 Å². The van der Waals surface area contributed by atoms with Crippen LogP contribution in [0.15, 0.2) is 4.52 Å². The van der Waals surface area contributed by atoms with E-state index in [1.807, 2.05) is 0 Å². The molecule has 2 fully saturated rings. The fraction of sp³-hybridized carbons (Fsp3) is 0.846. The molecule has 1 aromatic rings. The first kappa shape index (κ1) is 12.1. The van der Waals surface area contributed by atoms with Crippen LogP contribution in [0.4, 0.5) is 0 Å². The number of hydrogen-bond acceptors (Lipinski definition) is 5. The van der Waals surface area contributed by atoms with Crippen LogP contribution in [0, 0.1) is 5.92 Å². The molecule has 2 atom stereocenters. The van der Waals surface area contributed by atoms with E-state index in [0.717, 1.165) is 37.7 Å². The Morgan fingerprint density at radius 2 is 2.11 bits per heavy atom. The Morgan fingerprint density at radius 1 is 1.33 bits per heavy atom. The molecule has 3 rings (SSSR count). The van der Waals surface area contributed by atoms with E-state index in [1.165, 1.54) is 6.42 Å². The summed E-state index contributed by atoms with van der Waals surface area (Å²) in [6.07, 6.45) is 4.81. The van der Waals surface area contributed by atoms with E-state index < -0.39 is 5.60 Å². The molecular formula is C13H21N3O2. The second-order valence-corrected chi connectivity index (χ2v) is 5.85. The molecule has 1 aliphatic heterocycles. The summed E-state index contributed by atoms with van der Waals surface area (Å²) in [6.45, 7) is 3.87. The van der Waals surface area contributed by atoms with Crippen molar-refractivity contribution in [1.29, 1.82) is 0 Å². The van der Waals surface area contributed by atoms with Gasteiger partial charge in [0.05, 0.1) is 0 Å². The molecule has 100 valence electrons. The number of rotatable bonds is 2. The predicted octanol–water partition coefficient (Wildman–Crippen LogP) is 1.54. The van der Waals surface area contributed by atoms with Crippen LogP contribution in [0.3, 0.4) is 0 Å². The zero-order chi connectivity index (χ0) is 12.6. The lowest BCUT2D eigenvalue weighted by Gasteiger charge is -2.28. The third-order valence-corrected chi connectivity index (χ3v) is 4.33. The summed E-state index contributed by atoms with van der Waals surface area (Å²) in [5.41, 5.74) is -0.916. The van der Waals surface area contributed by atoms with Crippen LogP contribution >= 0.6 is 0 Å². The second-order valence-electron chi connectivity index (χ2n) is 5.85. The SMILES string of the molecule is CC1CCC(c2noc(C3(O)CCNCC3)n2)C1. The van der Waals surface area contributed by atoms with Gasteiger partial charge in [-0.25, -0.2) is 0 Å². The summed E-state index contributed by atoms with van der Waals surface area (Å²) in [7, 11) is 0. The van der Waals surface area contributed by atoms with E-state index in [1.54, 1.807) is 0 Å². The Hall–Kier alpha value is -0.940. The monoisotopic (exact) mass is 251 g/mol. The van der Waals surface area contributed by atoms with Crippen molar-refractivity contribution < 1.29 is 9.63 Å². The lowest BCUT2D eigenvalue weighted by Crippen LogP contribution is -2.39. The molecule has 0 spiro atoms. The highest BCUT2D eigenvalue weighted by molar-refractivity contribution is 5.05. The van der Waals surface area contributed by atoms with Crippen LogP contribution < -0.4 is 5.32 Å². The highest BCUT2D eigenvalue weighted by Gasteiger charge is 2.38. The minimum atomic E-state index is -0.916. The smallest absolute Gasteiger partial charge is 0.258 e. The molecular weight excluding hydrogens is 230 g/mol. The Bertz CT molecular complexity index is 412. The van der Waals surface area contributed by atoms with Crippen molar-refractivity contribution in [2.45, 2.75) is 50.5 Å². The Labute approximate surface area is 107 Å². The molecule has 1 aromatic heterocycles. The van der Waals surface area contributed by atoms with E-state index in [9.17, 15) is 5.11 Å². The van der Waals surface area contributed by atoms with E-state index in [2.05, 4.69) is 22.4 Å². The van der Waals surface area contributed by atoms with Gasteiger partial charge in [-0.3, -0.25) is 0 Å². The third-order valence-electron chi connectivity index (χ3n) is 4.33. The van der Waals surface area contributed by atoms with Gasteiger partial charge in [-0.2, -0.15) is 4.98 Å². The maximum atomic E-state index is 10.5. The molecule has 0 bridgehead atoms. The molecule has 2 N–H and O–H groups in total. The minimum absolute atomic E-state index is 0.415. The van der Waals surface area contributed by atoms with Crippen LogP contribution in [-0.4, -0.2) is 28.3 Å². The number of hydrogen-bond donors (Lipinski definition) is 2. The number of aromatic nitrogens is 2. The number of nitrogens with zero attached hydrogens (tertiary/aromatic N) is 2. The quantitative estimate of drug-likeness (QED) is 0.834. The maximum Gasteiger partial charge on any atom is 0.258 e. The average molecular weight is 251 g/mol. The second kappa shape index (κ2) is 4.63. The van der Waals surface area contributed by atoms with Gasteiger partial charge in [0.2, 0.25) is 0 Å². The van der Waals surface area contributed by atoms with Crippen molar-refractivity contribution in [3.8, 4) is 0 Å². The van der Waals surface area contributed by atoms with Crippen LogP contribution in [0.2, 0.25) is 0 Å². The van der Waals surface area contributed by atoms with Gasteiger partial charge >= 0.3 is 0 Å². The molecule has 0 radical (unpaired) electrons. The van der Waals surface area contributed by atoms with E-state index in [-0.39, 0.29) is 0 Å². The van der Waals surface area contributed by atoms with Crippen molar-refractivity contribution in [2.24, 2.45) is 5.92 Å². The third kappa shape index (κ3) is 2.17. The number of aliphatic hydroxyl groups is 1. The van der Waals surface area contributed by atoms with Gasteiger partial charge < -0.3 is 14.9 Å². The summed E-state index contributed by atoms with van der Waals surface area (Å²) in [6, 6.07) is 0. The number of nitrogens with one attached hydrogen (secondary N) is 1. The van der Waals surface area contributed by atoms with Crippen LogP contribution in [0.5, 0.6) is 0 Å². The van der Waals surface area contributed by atoms with Gasteiger partial charge in [0.1, 0.15) is 5.60 Å². The summed E-state index contributed by atoms with van der Waals surface area (Å²) in [5.74, 6) is 2.38. The highest BCUT2D eigenvalue weighted by atomic mass is 16.5. The largest absolute Gasteiger partial charge is 0.380 e. The van der Waals surface area contributed by atoms with Crippen molar-refractivity contribution in [1.82, 2.24) is 15.5 Å². The number of piperidine rings is 1. The summed E-state index contributed by atoms with van der Waals surface area (Å²) in [5, 5.41) is 17.8. The van der Waals surface area contributed by atoms with Gasteiger partial charge in [0.25, 0.3) is 5.89 Å². The maximum absolute atomic E-state index is 10.5. The average Bonchev–Trinajstić information content (AvgIpc) is 2.98. The Kier molecular flexibility index (Phi) is 3.11. The Balaban J connectivity index is 1.76. The van der Waals surface area contributed by atoms with E-state index in [4.69, 9.17) is 4.52 Å². The van der Waals surface area contributed by atoms with E-state index in [0.29, 0.717) is 24.7 Å². The standard InChI is InChI=1S/C13H21N3O2/c1-9-2-3-10(8-9)11-15-12(18-16-11)13(17)4-6-14-7-5-13/h9-10,14,17H,2-8H2,1H3. The summed E-state index contributed by atoms with van der Waals surface area (Å²) >= 11 is 0. The molecule has 2 aliphatic rings. The fourth-order valence-electron chi connectivity index (χ4n) is 3.09. The lowest BCUT2D eigenvalue weighted by molar-refractivity contribution is -0.0228. The molecule has 5 nitrogen and oxygen atoms in total. The zero-order valence-corrected chi connectivity index (χ0v) is 10.9. The van der Waals surface area contributed by atoms with Gasteiger partial charge in [-0.1, -0.05) is 12.1 Å². The first-order valence-corrected chi connectivity index (χ1v) is 6.94. The van der Waals surface area contributed by atoms with Crippen LogP contribution in [-0.2, 0) is 5.60 Å². The molecule has 0 aromatic carbocycles. The van der Waals surface area contributed by atoms with Gasteiger partial charge in [-0.15, -0.1) is 0 Å². The van der Waals surface area contributed by atoms with Crippen molar-refractivity contribution in [3.05, 3.63) is 11.7 Å². The van der Waals surface area contributed by atoms with Crippen molar-refractivity contribution >= 4 is 0 Å². The fourth-order valence-corrected chi connectivity index (χ4v) is 3.09. The van der Waals surface area contributed by atoms with Gasteiger partial charge in [0.15, 0.2) is 5.82 Å². The van der Waals surface area contributed by atoms with Gasteiger partial charge in [0, 0.05) is 5.92 Å². The summed E-state index contributed by atoms with van der Waals surface area (Å²) in [4.78, 5) is 4.47. The van der Waals surface area contributed by atoms with Crippen LogP contribution in [0.25, 0.3) is 0 Å². The normalized spacial score (nSPS) is 31.7. The Morgan fingerprint density at radius 3 is 2.78 bits per heavy atom. The minimum Gasteiger partial charge on any atom is -0.380 e. The lowest BCUT2D eigenvalue weighted by atomic mass is 9.92. The zero-order valence-electron chi connectivity index (χ0n) is 10.9. The molecule has 1 saturated carbocycles. The highest BCUT2D eigenvalue weighted by Crippen LogP contribution is 2.38. The van der Waals surface area contributed by atoms with E-state index >= 15 is 0 Å². The first-order valence-electron chi connectivity index (χ1n) is 6.94. The van der Waals surface area contributed by atoms with Crippen molar-refractivity contribution in [3.63, 3.8) is 0 Å². The topological polar surface area (TPSA) is 71.2 Å². The molecule has 2 heterocycles. The molecule has 5 heteroatoms. The molecule has 18 heavy (non-hydrogen) atoms. The van der Waals surface area contributed by atoms with Gasteiger partial charge in [-0.05, 0) is 51.1 Å². The molecule has 2 unspecified atom stereocenters. The first-order chi connectivity index (χ1) is 8.67. The van der Waals surface area contributed by atoms with Crippen molar-refractivity contribution in [2.75, 3.05) is 13.1 Å². The summed E-state index contributed by atoms with van der Waals surface area (Å²) < 4.78 is 5.32. The predicted molar refractivity (Wildman–Crippen MR) is 66.1 cm³/mol.